The summed E-state index contributed by atoms with van der Waals surface area (Å²) in [6.45, 7) is 7.09. The summed E-state index contributed by atoms with van der Waals surface area (Å²) in [5.41, 5.74) is 0. The van der Waals surface area contributed by atoms with Crippen LogP contribution in [0.5, 0.6) is 0 Å². The molecular weight excluding hydrogens is 448 g/mol. The molecule has 0 rings (SSSR count). The van der Waals surface area contributed by atoms with Gasteiger partial charge >= 0.3 is 11.9 Å². The second kappa shape index (κ2) is 25.9. The average molecular weight is 503 g/mol. The van der Waals surface area contributed by atoms with Gasteiger partial charge in [-0.25, -0.2) is 0 Å². The SMILES string of the molecule is CCCCCCCCCCCOC(=O)CCCN(CCO)CCN(CCO)CCCCCC(=O)O. The van der Waals surface area contributed by atoms with E-state index in [2.05, 4.69) is 16.7 Å². The molecule has 0 radical (unpaired) electrons. The molecule has 208 valence electrons. The molecule has 8 nitrogen and oxygen atoms in total. The van der Waals surface area contributed by atoms with Crippen molar-refractivity contribution >= 4 is 11.9 Å². The van der Waals surface area contributed by atoms with Crippen molar-refractivity contribution in [2.45, 2.75) is 103 Å². The third-order valence-corrected chi connectivity index (χ3v) is 6.30. The van der Waals surface area contributed by atoms with Gasteiger partial charge in [0.15, 0.2) is 0 Å². The molecule has 0 aromatic rings. The molecule has 0 amide bonds. The van der Waals surface area contributed by atoms with E-state index in [1.165, 1.54) is 44.9 Å². The maximum atomic E-state index is 12.0. The number of carboxylic acid groups (broad SMARTS) is 1. The second-order valence-corrected chi connectivity index (χ2v) is 9.49. The van der Waals surface area contributed by atoms with Crippen LogP contribution >= 0.6 is 0 Å². The van der Waals surface area contributed by atoms with E-state index in [1.807, 2.05) is 0 Å². The van der Waals surface area contributed by atoms with Gasteiger partial charge in [-0.3, -0.25) is 19.4 Å². The van der Waals surface area contributed by atoms with Crippen molar-refractivity contribution in [3.8, 4) is 0 Å². The Morgan fingerprint density at radius 2 is 1.11 bits per heavy atom. The summed E-state index contributed by atoms with van der Waals surface area (Å²) in [7, 11) is 0. The number of carbonyl (C=O) groups is 2. The number of carbonyl (C=O) groups excluding carboxylic acids is 1. The van der Waals surface area contributed by atoms with E-state index in [0.29, 0.717) is 39.0 Å². The zero-order valence-electron chi connectivity index (χ0n) is 22.4. The number of esters is 1. The summed E-state index contributed by atoms with van der Waals surface area (Å²) >= 11 is 0. The van der Waals surface area contributed by atoms with Gasteiger partial charge in [-0.2, -0.15) is 0 Å². The van der Waals surface area contributed by atoms with Crippen LogP contribution in [0.25, 0.3) is 0 Å². The molecule has 0 aliphatic carbocycles. The molecule has 0 aromatic carbocycles. The van der Waals surface area contributed by atoms with Crippen molar-refractivity contribution in [1.29, 1.82) is 0 Å². The summed E-state index contributed by atoms with van der Waals surface area (Å²) < 4.78 is 5.37. The van der Waals surface area contributed by atoms with Crippen molar-refractivity contribution in [1.82, 2.24) is 9.80 Å². The summed E-state index contributed by atoms with van der Waals surface area (Å²) in [4.78, 5) is 26.9. The molecule has 0 spiro atoms. The van der Waals surface area contributed by atoms with Gasteiger partial charge in [0.2, 0.25) is 0 Å². The number of aliphatic carboxylic acids is 1. The Kier molecular flexibility index (Phi) is 25.0. The molecular formula is C27H54N2O6. The monoisotopic (exact) mass is 502 g/mol. The normalized spacial score (nSPS) is 11.5. The van der Waals surface area contributed by atoms with E-state index in [0.717, 1.165) is 51.9 Å². The molecule has 8 heteroatoms. The Bertz CT molecular complexity index is 492. The number of hydrogen-bond acceptors (Lipinski definition) is 7. The fraction of sp³-hybridized carbons (Fsp3) is 0.926. The first-order valence-electron chi connectivity index (χ1n) is 14.1. The summed E-state index contributed by atoms with van der Waals surface area (Å²) in [6.07, 6.45) is 14.9. The number of rotatable bonds is 27. The Balaban J connectivity index is 3.92. The molecule has 0 fully saturated rings. The Labute approximate surface area is 214 Å². The molecule has 0 heterocycles. The fourth-order valence-corrected chi connectivity index (χ4v) is 4.14. The van der Waals surface area contributed by atoms with Crippen molar-refractivity contribution in [3.05, 3.63) is 0 Å². The molecule has 0 atom stereocenters. The van der Waals surface area contributed by atoms with Crippen LogP contribution in [-0.4, -0.2) is 96.1 Å². The van der Waals surface area contributed by atoms with Gasteiger partial charge in [0.25, 0.3) is 0 Å². The van der Waals surface area contributed by atoms with Crippen LogP contribution in [0.3, 0.4) is 0 Å². The van der Waals surface area contributed by atoms with Gasteiger partial charge in [-0.1, -0.05) is 64.7 Å². The van der Waals surface area contributed by atoms with Gasteiger partial charge < -0.3 is 20.1 Å². The third-order valence-electron chi connectivity index (χ3n) is 6.30. The van der Waals surface area contributed by atoms with Gasteiger partial charge in [0.05, 0.1) is 19.8 Å². The van der Waals surface area contributed by atoms with E-state index in [4.69, 9.17) is 9.84 Å². The van der Waals surface area contributed by atoms with Crippen LogP contribution < -0.4 is 0 Å². The summed E-state index contributed by atoms with van der Waals surface area (Å²) in [5, 5.41) is 27.4. The number of unbranched alkanes of at least 4 members (excludes halogenated alkanes) is 10. The topological polar surface area (TPSA) is 111 Å². The zero-order chi connectivity index (χ0) is 26.0. The molecule has 0 saturated carbocycles. The number of carboxylic acids is 1. The number of nitrogens with zero attached hydrogens (tertiary/aromatic N) is 2. The third kappa shape index (κ3) is 24.3. The van der Waals surface area contributed by atoms with Crippen molar-refractivity contribution in [2.75, 3.05) is 59.1 Å². The molecule has 3 N–H and O–H groups in total. The summed E-state index contributed by atoms with van der Waals surface area (Å²) in [6, 6.07) is 0. The average Bonchev–Trinajstić information content (AvgIpc) is 2.83. The largest absolute Gasteiger partial charge is 0.481 e. The Morgan fingerprint density at radius 3 is 1.66 bits per heavy atom. The maximum absolute atomic E-state index is 12.0. The molecule has 0 bridgehead atoms. The molecule has 0 saturated heterocycles. The number of ether oxygens (including phenoxy) is 1. The van der Waals surface area contributed by atoms with Crippen molar-refractivity contribution < 1.29 is 29.6 Å². The Morgan fingerprint density at radius 1 is 0.600 bits per heavy atom. The van der Waals surface area contributed by atoms with Crippen LogP contribution in [0.15, 0.2) is 0 Å². The maximum Gasteiger partial charge on any atom is 0.305 e. The quantitative estimate of drug-likeness (QED) is 0.114. The molecule has 0 aliphatic heterocycles. The van der Waals surface area contributed by atoms with E-state index in [1.54, 1.807) is 0 Å². The molecule has 0 aliphatic rings. The second-order valence-electron chi connectivity index (χ2n) is 9.49. The number of aliphatic hydroxyl groups is 2. The smallest absolute Gasteiger partial charge is 0.305 e. The van der Waals surface area contributed by atoms with Crippen LogP contribution in [0.4, 0.5) is 0 Å². The number of hydrogen-bond donors (Lipinski definition) is 3. The first-order valence-corrected chi connectivity index (χ1v) is 14.1. The minimum Gasteiger partial charge on any atom is -0.481 e. The molecule has 35 heavy (non-hydrogen) atoms. The van der Waals surface area contributed by atoms with Crippen LogP contribution in [0.1, 0.15) is 103 Å². The van der Waals surface area contributed by atoms with Crippen LogP contribution in [-0.2, 0) is 14.3 Å². The minimum absolute atomic E-state index is 0.0677. The first-order chi connectivity index (χ1) is 17.0. The van der Waals surface area contributed by atoms with Crippen LogP contribution in [0.2, 0.25) is 0 Å². The van der Waals surface area contributed by atoms with Gasteiger partial charge in [0.1, 0.15) is 0 Å². The van der Waals surface area contributed by atoms with E-state index in [9.17, 15) is 19.8 Å². The number of aliphatic hydroxyl groups excluding tert-OH is 2. The minimum atomic E-state index is -0.760. The highest BCUT2D eigenvalue weighted by Gasteiger charge is 2.11. The zero-order valence-corrected chi connectivity index (χ0v) is 22.4. The highest BCUT2D eigenvalue weighted by Crippen LogP contribution is 2.10. The van der Waals surface area contributed by atoms with Crippen molar-refractivity contribution in [2.24, 2.45) is 0 Å². The predicted molar refractivity (Wildman–Crippen MR) is 141 cm³/mol. The van der Waals surface area contributed by atoms with E-state index in [-0.39, 0.29) is 25.6 Å². The van der Waals surface area contributed by atoms with E-state index >= 15 is 0 Å². The lowest BCUT2D eigenvalue weighted by atomic mass is 10.1. The van der Waals surface area contributed by atoms with Crippen LogP contribution in [0, 0.1) is 0 Å². The van der Waals surface area contributed by atoms with Gasteiger partial charge in [-0.05, 0) is 38.8 Å². The van der Waals surface area contributed by atoms with Crippen molar-refractivity contribution in [3.63, 3.8) is 0 Å². The lowest BCUT2D eigenvalue weighted by molar-refractivity contribution is -0.144. The highest BCUT2D eigenvalue weighted by molar-refractivity contribution is 5.69. The van der Waals surface area contributed by atoms with Gasteiger partial charge in [-0.15, -0.1) is 0 Å². The van der Waals surface area contributed by atoms with Gasteiger partial charge in [0, 0.05) is 39.0 Å². The lowest BCUT2D eigenvalue weighted by Crippen LogP contribution is -2.38. The molecule has 0 unspecified atom stereocenters. The Hall–Kier alpha value is -1.22. The fourth-order valence-electron chi connectivity index (χ4n) is 4.14. The standard InChI is InChI=1S/C27H54N2O6/c1-2-3-4-5-6-7-8-9-13-25-35-27(34)16-14-18-29(22-24-31)20-19-28(21-23-30)17-12-10-11-15-26(32)33/h30-31H,2-25H2,1H3,(H,32,33). The van der Waals surface area contributed by atoms with E-state index < -0.39 is 5.97 Å². The lowest BCUT2D eigenvalue weighted by Gasteiger charge is -2.27. The molecule has 0 aromatic heterocycles. The summed E-state index contributed by atoms with van der Waals surface area (Å²) in [5.74, 6) is -0.902. The predicted octanol–water partition coefficient (Wildman–Crippen LogP) is 4.07. The first kappa shape index (κ1) is 33.8. The highest BCUT2D eigenvalue weighted by atomic mass is 16.5.